The molecule has 3 nitrogen and oxygen atoms in total. The summed E-state index contributed by atoms with van der Waals surface area (Å²) in [7, 11) is 0. The number of hydrogen-bond donors (Lipinski definition) is 1. The number of nitrogen functional groups attached to an aromatic ring is 1. The van der Waals surface area contributed by atoms with Crippen molar-refractivity contribution < 1.29 is 0 Å². The molecule has 2 heterocycles. The summed E-state index contributed by atoms with van der Waals surface area (Å²) in [5, 5.41) is 0.776. The van der Waals surface area contributed by atoms with Gasteiger partial charge in [-0.3, -0.25) is 9.80 Å². The van der Waals surface area contributed by atoms with Crippen LogP contribution in [0.4, 0.5) is 5.69 Å². The van der Waals surface area contributed by atoms with E-state index >= 15 is 0 Å². The second-order valence-corrected chi connectivity index (χ2v) is 6.70. The third kappa shape index (κ3) is 2.95. The van der Waals surface area contributed by atoms with Crippen molar-refractivity contribution in [3.63, 3.8) is 0 Å². The van der Waals surface area contributed by atoms with Gasteiger partial charge in [-0.05, 0) is 50.1 Å². The van der Waals surface area contributed by atoms with Gasteiger partial charge in [0.05, 0.1) is 0 Å². The van der Waals surface area contributed by atoms with Crippen LogP contribution in [0.2, 0.25) is 5.02 Å². The van der Waals surface area contributed by atoms with Gasteiger partial charge in [0.15, 0.2) is 0 Å². The van der Waals surface area contributed by atoms with Crippen LogP contribution < -0.4 is 5.73 Å². The molecule has 20 heavy (non-hydrogen) atoms. The van der Waals surface area contributed by atoms with Gasteiger partial charge in [0.1, 0.15) is 0 Å². The zero-order valence-electron chi connectivity index (χ0n) is 12.2. The van der Waals surface area contributed by atoms with Crippen LogP contribution in [0.25, 0.3) is 0 Å². The van der Waals surface area contributed by atoms with Crippen molar-refractivity contribution >= 4 is 17.3 Å². The normalized spacial score (nSPS) is 28.3. The maximum Gasteiger partial charge on any atom is 0.0410 e. The minimum atomic E-state index is 0.586. The average molecular weight is 294 g/mol. The molecule has 0 bridgehead atoms. The first-order chi connectivity index (χ1) is 9.63. The summed E-state index contributed by atoms with van der Waals surface area (Å²) in [5.41, 5.74) is 8.10. The molecule has 1 aromatic rings. The van der Waals surface area contributed by atoms with Crippen LogP contribution in [0, 0.1) is 0 Å². The van der Waals surface area contributed by atoms with Crippen LogP contribution in [0.5, 0.6) is 0 Å². The fraction of sp³-hybridized carbons (Fsp3) is 0.625. The van der Waals surface area contributed by atoms with Gasteiger partial charge in [0.25, 0.3) is 0 Å². The van der Waals surface area contributed by atoms with Crippen LogP contribution in [-0.4, -0.2) is 41.5 Å². The molecule has 4 heteroatoms. The molecule has 2 aliphatic rings. The van der Waals surface area contributed by atoms with Crippen molar-refractivity contribution in [2.24, 2.45) is 0 Å². The third-order valence-electron chi connectivity index (χ3n) is 4.79. The Hall–Kier alpha value is -0.770. The molecule has 1 aromatic carbocycles. The summed E-state index contributed by atoms with van der Waals surface area (Å²) in [5.74, 6) is 0. The lowest BCUT2D eigenvalue weighted by Crippen LogP contribution is -2.58. The lowest BCUT2D eigenvalue weighted by molar-refractivity contribution is 0.0112. The molecule has 0 saturated carbocycles. The smallest absolute Gasteiger partial charge is 0.0410 e. The Labute approximate surface area is 126 Å². The lowest BCUT2D eigenvalue weighted by Gasteiger charge is -2.47. The van der Waals surface area contributed by atoms with E-state index in [9.17, 15) is 0 Å². The minimum absolute atomic E-state index is 0.586. The molecule has 2 N–H and O–H groups in total. The molecule has 0 spiro atoms. The van der Waals surface area contributed by atoms with E-state index in [-0.39, 0.29) is 0 Å². The second kappa shape index (κ2) is 5.92. The summed E-state index contributed by atoms with van der Waals surface area (Å²) < 4.78 is 0. The van der Waals surface area contributed by atoms with Crippen molar-refractivity contribution in [1.29, 1.82) is 0 Å². The predicted molar refractivity (Wildman–Crippen MR) is 84.9 cm³/mol. The lowest BCUT2D eigenvalue weighted by atomic mass is 9.96. The molecule has 2 fully saturated rings. The summed E-state index contributed by atoms with van der Waals surface area (Å²) in [6, 6.07) is 7.11. The van der Waals surface area contributed by atoms with Crippen LogP contribution >= 0.6 is 11.6 Å². The van der Waals surface area contributed by atoms with E-state index < -0.39 is 0 Å². The summed E-state index contributed by atoms with van der Waals surface area (Å²) in [6.45, 7) is 6.86. The van der Waals surface area contributed by atoms with Gasteiger partial charge in [-0.25, -0.2) is 0 Å². The molecular weight excluding hydrogens is 270 g/mol. The molecule has 0 aliphatic carbocycles. The van der Waals surface area contributed by atoms with Gasteiger partial charge >= 0.3 is 0 Å². The SMILES string of the molecule is CC1CN2CCCCC2CN1Cc1cc(Cl)ccc1N. The first-order valence-corrected chi connectivity index (χ1v) is 8.03. The zero-order chi connectivity index (χ0) is 14.1. The minimum Gasteiger partial charge on any atom is -0.398 e. The van der Waals surface area contributed by atoms with Crippen LogP contribution in [-0.2, 0) is 6.54 Å². The Morgan fingerprint density at radius 2 is 2.15 bits per heavy atom. The van der Waals surface area contributed by atoms with Gasteiger partial charge in [-0.15, -0.1) is 0 Å². The Balaban J connectivity index is 1.71. The predicted octanol–water partition coefficient (Wildman–Crippen LogP) is 2.98. The van der Waals surface area contributed by atoms with E-state index in [0.29, 0.717) is 6.04 Å². The number of anilines is 1. The molecule has 0 radical (unpaired) electrons. The van der Waals surface area contributed by atoms with Gasteiger partial charge in [-0.2, -0.15) is 0 Å². The maximum atomic E-state index is 6.10. The van der Waals surface area contributed by atoms with Gasteiger partial charge < -0.3 is 5.73 Å². The second-order valence-electron chi connectivity index (χ2n) is 6.27. The Bertz CT molecular complexity index is 477. The van der Waals surface area contributed by atoms with E-state index in [1.165, 1.54) is 32.4 Å². The highest BCUT2D eigenvalue weighted by molar-refractivity contribution is 6.30. The standard InChI is InChI=1S/C16H24ClN3/c1-12-9-19-7-3-2-4-15(19)11-20(12)10-13-8-14(17)5-6-16(13)18/h5-6,8,12,15H,2-4,7,9-11,18H2,1H3. The molecule has 2 atom stereocenters. The number of nitrogens with zero attached hydrogens (tertiary/aromatic N) is 2. The Morgan fingerprint density at radius 3 is 3.00 bits per heavy atom. The maximum absolute atomic E-state index is 6.10. The van der Waals surface area contributed by atoms with Crippen molar-refractivity contribution in [1.82, 2.24) is 9.80 Å². The number of piperidine rings is 1. The number of nitrogens with two attached hydrogens (primary N) is 1. The molecule has 3 rings (SSSR count). The number of piperazine rings is 1. The first-order valence-electron chi connectivity index (χ1n) is 7.65. The van der Waals surface area contributed by atoms with Crippen LogP contribution in [0.3, 0.4) is 0 Å². The van der Waals surface area contributed by atoms with Crippen molar-refractivity contribution in [2.45, 2.75) is 44.8 Å². The van der Waals surface area contributed by atoms with Gasteiger partial charge in [-0.1, -0.05) is 18.0 Å². The monoisotopic (exact) mass is 293 g/mol. The highest BCUT2D eigenvalue weighted by atomic mass is 35.5. The molecule has 0 aromatic heterocycles. The molecule has 110 valence electrons. The largest absolute Gasteiger partial charge is 0.398 e. The van der Waals surface area contributed by atoms with E-state index in [2.05, 4.69) is 16.7 Å². The quantitative estimate of drug-likeness (QED) is 0.851. The van der Waals surface area contributed by atoms with Crippen LogP contribution in [0.1, 0.15) is 31.7 Å². The van der Waals surface area contributed by atoms with Crippen LogP contribution in [0.15, 0.2) is 18.2 Å². The van der Waals surface area contributed by atoms with Crippen molar-refractivity contribution in [3.8, 4) is 0 Å². The van der Waals surface area contributed by atoms with Crippen molar-refractivity contribution in [3.05, 3.63) is 28.8 Å². The average Bonchev–Trinajstić information content (AvgIpc) is 2.43. The van der Waals surface area contributed by atoms with Gasteiger partial charge in [0.2, 0.25) is 0 Å². The van der Waals surface area contributed by atoms with Gasteiger partial charge in [0, 0.05) is 42.4 Å². The van der Waals surface area contributed by atoms with E-state index in [1.807, 2.05) is 18.2 Å². The highest BCUT2D eigenvalue weighted by Crippen LogP contribution is 2.27. The molecule has 0 amide bonds. The summed E-state index contributed by atoms with van der Waals surface area (Å²) >= 11 is 6.10. The first kappa shape index (κ1) is 14.2. The third-order valence-corrected chi connectivity index (χ3v) is 5.03. The Morgan fingerprint density at radius 1 is 1.30 bits per heavy atom. The number of fused-ring (bicyclic) bond motifs is 1. The summed E-state index contributed by atoms with van der Waals surface area (Å²) in [4.78, 5) is 5.24. The highest BCUT2D eigenvalue weighted by Gasteiger charge is 2.32. The molecule has 2 unspecified atom stereocenters. The fourth-order valence-corrected chi connectivity index (χ4v) is 3.76. The van der Waals surface area contributed by atoms with E-state index in [4.69, 9.17) is 17.3 Å². The summed E-state index contributed by atoms with van der Waals surface area (Å²) in [6.07, 6.45) is 4.08. The zero-order valence-corrected chi connectivity index (χ0v) is 12.9. The number of rotatable bonds is 2. The van der Waals surface area contributed by atoms with Crippen molar-refractivity contribution in [2.75, 3.05) is 25.4 Å². The molecule has 2 saturated heterocycles. The number of hydrogen-bond acceptors (Lipinski definition) is 3. The number of halogens is 1. The topological polar surface area (TPSA) is 32.5 Å². The fourth-order valence-electron chi connectivity index (χ4n) is 3.56. The van der Waals surface area contributed by atoms with E-state index in [1.54, 1.807) is 0 Å². The molecule has 2 aliphatic heterocycles. The molecular formula is C16H24ClN3. The number of benzene rings is 1. The van der Waals surface area contributed by atoms with E-state index in [0.717, 1.165) is 35.4 Å². The Kier molecular flexibility index (Phi) is 4.20.